The van der Waals surface area contributed by atoms with Crippen molar-refractivity contribution in [3.05, 3.63) is 87.4 Å². The number of nitrogens with zero attached hydrogens (tertiary/aromatic N) is 2. The van der Waals surface area contributed by atoms with Gasteiger partial charge in [0, 0.05) is 35.8 Å². The lowest BCUT2D eigenvalue weighted by Gasteiger charge is -2.31. The van der Waals surface area contributed by atoms with Gasteiger partial charge in [-0.2, -0.15) is 5.10 Å². The molecule has 1 heterocycles. The van der Waals surface area contributed by atoms with Gasteiger partial charge in [-0.25, -0.2) is 5.43 Å². The predicted octanol–water partition coefficient (Wildman–Crippen LogP) is 6.26. The van der Waals surface area contributed by atoms with Crippen LogP contribution in [0.4, 0.5) is 5.69 Å². The van der Waals surface area contributed by atoms with E-state index in [2.05, 4.69) is 45.8 Å². The van der Waals surface area contributed by atoms with E-state index >= 15 is 0 Å². The Bertz CT molecular complexity index is 1230. The quantitative estimate of drug-likeness (QED) is 0.192. The highest BCUT2D eigenvalue weighted by Crippen LogP contribution is 2.30. The van der Waals surface area contributed by atoms with Crippen LogP contribution < -0.4 is 19.8 Å². The predicted molar refractivity (Wildman–Crippen MR) is 146 cm³/mol. The van der Waals surface area contributed by atoms with Gasteiger partial charge in [0.15, 0.2) is 0 Å². The maximum absolute atomic E-state index is 12.2. The number of methoxy groups -OCH3 is 1. The zero-order valence-electron chi connectivity index (χ0n) is 20.2. The number of hydrogen-bond acceptors (Lipinski definition) is 5. The second-order valence-electron chi connectivity index (χ2n) is 8.55. The van der Waals surface area contributed by atoms with Crippen LogP contribution >= 0.6 is 23.2 Å². The molecule has 0 unspecified atom stereocenters. The highest BCUT2D eigenvalue weighted by Gasteiger charge is 2.18. The molecule has 3 aromatic rings. The molecular formula is C28H29Cl2N3O3. The van der Waals surface area contributed by atoms with Crippen LogP contribution in [-0.4, -0.2) is 32.4 Å². The fourth-order valence-corrected chi connectivity index (χ4v) is 4.69. The normalized spacial score (nSPS) is 12.9. The number of ether oxygens (including phenoxy) is 2. The molecule has 1 aliphatic heterocycles. The van der Waals surface area contributed by atoms with E-state index in [1.807, 2.05) is 12.1 Å². The van der Waals surface area contributed by atoms with Crippen molar-refractivity contribution < 1.29 is 14.3 Å². The molecular weight excluding hydrogens is 497 g/mol. The van der Waals surface area contributed by atoms with Gasteiger partial charge in [-0.1, -0.05) is 41.4 Å². The minimum atomic E-state index is -0.185. The molecule has 0 radical (unpaired) electrons. The molecule has 3 aromatic carbocycles. The molecule has 0 aliphatic carbocycles. The van der Waals surface area contributed by atoms with E-state index in [4.69, 9.17) is 32.7 Å². The summed E-state index contributed by atoms with van der Waals surface area (Å²) in [5.41, 5.74) is 7.20. The number of nitrogens with one attached hydrogen (secondary N) is 1. The van der Waals surface area contributed by atoms with Crippen molar-refractivity contribution in [3.8, 4) is 11.5 Å². The van der Waals surface area contributed by atoms with E-state index in [-0.39, 0.29) is 12.3 Å². The molecule has 36 heavy (non-hydrogen) atoms. The third-order valence-electron chi connectivity index (χ3n) is 5.97. The van der Waals surface area contributed by atoms with Crippen molar-refractivity contribution in [3.63, 3.8) is 0 Å². The minimum absolute atomic E-state index is 0.185. The Morgan fingerprint density at radius 3 is 2.78 bits per heavy atom. The number of benzene rings is 3. The first-order chi connectivity index (χ1) is 17.5. The number of carbonyl (C=O) groups excluding carboxylic acids is 1. The first kappa shape index (κ1) is 25.9. The molecule has 1 N–H and O–H groups in total. The van der Waals surface area contributed by atoms with Crippen LogP contribution in [0.15, 0.2) is 65.8 Å². The number of para-hydroxylation sites is 1. The van der Waals surface area contributed by atoms with Gasteiger partial charge in [-0.15, -0.1) is 0 Å². The van der Waals surface area contributed by atoms with Crippen LogP contribution in [0.3, 0.4) is 0 Å². The lowest BCUT2D eigenvalue weighted by Crippen LogP contribution is -2.29. The number of rotatable bonds is 10. The average Bonchev–Trinajstić information content (AvgIpc) is 2.88. The molecule has 0 aromatic heterocycles. The van der Waals surface area contributed by atoms with E-state index in [1.165, 1.54) is 11.3 Å². The van der Waals surface area contributed by atoms with Crippen LogP contribution in [0.1, 0.15) is 36.0 Å². The van der Waals surface area contributed by atoms with Crippen LogP contribution in [0.5, 0.6) is 11.5 Å². The number of fused-ring (bicyclic) bond motifs is 1. The molecule has 0 bridgehead atoms. The Morgan fingerprint density at radius 2 is 1.94 bits per heavy atom. The summed E-state index contributed by atoms with van der Waals surface area (Å²) >= 11 is 12.0. The van der Waals surface area contributed by atoms with E-state index in [1.54, 1.807) is 31.5 Å². The monoisotopic (exact) mass is 525 g/mol. The maximum Gasteiger partial charge on any atom is 0.240 e. The van der Waals surface area contributed by atoms with Crippen molar-refractivity contribution in [2.75, 3.05) is 25.2 Å². The third kappa shape index (κ3) is 6.93. The standard InChI is InChI=1S/C28H29Cl2N3O3/c1-35-26-12-10-20(16-22(26)19-33-14-4-7-21-6-2-3-8-25(21)33)18-31-32-28(34)9-5-15-36-27-13-11-23(29)17-24(27)30/h2-3,6,8,10-13,16-18H,4-5,7,9,14-15,19H2,1H3,(H,32,34)/b31-18+. The van der Waals surface area contributed by atoms with Crippen molar-refractivity contribution in [2.45, 2.75) is 32.2 Å². The number of aryl methyl sites for hydroxylation is 1. The number of carbonyl (C=O) groups is 1. The summed E-state index contributed by atoms with van der Waals surface area (Å²) < 4.78 is 11.2. The maximum atomic E-state index is 12.2. The summed E-state index contributed by atoms with van der Waals surface area (Å²) in [5.74, 6) is 1.19. The highest BCUT2D eigenvalue weighted by molar-refractivity contribution is 6.35. The number of halogens is 2. The smallest absolute Gasteiger partial charge is 0.240 e. The van der Waals surface area contributed by atoms with E-state index in [9.17, 15) is 4.79 Å². The number of hydrazone groups is 1. The zero-order chi connectivity index (χ0) is 25.3. The van der Waals surface area contributed by atoms with Gasteiger partial charge in [-0.3, -0.25) is 4.79 Å². The van der Waals surface area contributed by atoms with Crippen LogP contribution in [0, 0.1) is 0 Å². The van der Waals surface area contributed by atoms with Gasteiger partial charge in [-0.05, 0) is 72.9 Å². The van der Waals surface area contributed by atoms with Gasteiger partial charge in [0.2, 0.25) is 5.91 Å². The Hall–Kier alpha value is -3.22. The van der Waals surface area contributed by atoms with Gasteiger partial charge in [0.25, 0.3) is 0 Å². The molecule has 8 heteroatoms. The Kier molecular flexibility index (Phi) is 9.09. The van der Waals surface area contributed by atoms with Gasteiger partial charge >= 0.3 is 0 Å². The summed E-state index contributed by atoms with van der Waals surface area (Å²) in [7, 11) is 1.68. The Balaban J connectivity index is 1.29. The van der Waals surface area contributed by atoms with E-state index in [0.29, 0.717) is 28.8 Å². The number of hydrogen-bond donors (Lipinski definition) is 1. The SMILES string of the molecule is COc1ccc(/C=N/NC(=O)CCCOc2ccc(Cl)cc2Cl)cc1CN1CCCc2ccccc21. The van der Waals surface area contributed by atoms with E-state index in [0.717, 1.165) is 42.8 Å². The topological polar surface area (TPSA) is 63.2 Å². The van der Waals surface area contributed by atoms with Gasteiger partial charge < -0.3 is 14.4 Å². The molecule has 4 rings (SSSR count). The summed E-state index contributed by atoms with van der Waals surface area (Å²) in [6, 6.07) is 19.5. The molecule has 1 aliphatic rings. The first-order valence-corrected chi connectivity index (χ1v) is 12.7. The van der Waals surface area contributed by atoms with E-state index < -0.39 is 0 Å². The average molecular weight is 526 g/mol. The second kappa shape index (κ2) is 12.7. The van der Waals surface area contributed by atoms with Crippen LogP contribution in [0.25, 0.3) is 0 Å². The molecule has 0 fully saturated rings. The Labute approximate surface area is 221 Å². The summed E-state index contributed by atoms with van der Waals surface area (Å²) in [6.45, 7) is 2.11. The minimum Gasteiger partial charge on any atom is -0.496 e. The number of anilines is 1. The van der Waals surface area contributed by atoms with Crippen LogP contribution in [-0.2, 0) is 17.8 Å². The fraction of sp³-hybridized carbons (Fsp3) is 0.286. The fourth-order valence-electron chi connectivity index (χ4n) is 4.23. The zero-order valence-corrected chi connectivity index (χ0v) is 21.7. The third-order valence-corrected chi connectivity index (χ3v) is 6.51. The summed E-state index contributed by atoms with van der Waals surface area (Å²) in [5, 5.41) is 5.12. The van der Waals surface area contributed by atoms with Gasteiger partial charge in [0.05, 0.1) is 25.0 Å². The molecule has 6 nitrogen and oxygen atoms in total. The lowest BCUT2D eigenvalue weighted by molar-refractivity contribution is -0.121. The van der Waals surface area contributed by atoms with Crippen molar-refractivity contribution in [1.29, 1.82) is 0 Å². The largest absolute Gasteiger partial charge is 0.496 e. The number of amides is 1. The van der Waals surface area contributed by atoms with Crippen molar-refractivity contribution >= 4 is 41.0 Å². The van der Waals surface area contributed by atoms with Crippen LogP contribution in [0.2, 0.25) is 10.0 Å². The molecule has 0 atom stereocenters. The highest BCUT2D eigenvalue weighted by atomic mass is 35.5. The summed E-state index contributed by atoms with van der Waals surface area (Å²) in [4.78, 5) is 14.5. The Morgan fingerprint density at radius 1 is 1.11 bits per heavy atom. The molecule has 1 amide bonds. The van der Waals surface area contributed by atoms with Crippen molar-refractivity contribution in [1.82, 2.24) is 5.43 Å². The lowest BCUT2D eigenvalue weighted by atomic mass is 10.0. The first-order valence-electron chi connectivity index (χ1n) is 11.9. The molecule has 0 saturated carbocycles. The van der Waals surface area contributed by atoms with Crippen molar-refractivity contribution in [2.24, 2.45) is 5.10 Å². The summed E-state index contributed by atoms with van der Waals surface area (Å²) in [6.07, 6.45) is 4.70. The second-order valence-corrected chi connectivity index (χ2v) is 9.39. The molecule has 0 spiro atoms. The molecule has 0 saturated heterocycles. The molecule has 188 valence electrons. The van der Waals surface area contributed by atoms with Gasteiger partial charge in [0.1, 0.15) is 11.5 Å².